The van der Waals surface area contributed by atoms with Crippen LogP contribution in [0.25, 0.3) is 9.65 Å². The molecule has 3 aromatic rings. The number of fused-ring (bicyclic) bond motifs is 2. The topological polar surface area (TPSA) is 66.5 Å². The number of carbonyl (C=O) groups excluding carboxylic acids is 3. The Morgan fingerprint density at radius 2 is 2.00 bits per heavy atom. The van der Waals surface area contributed by atoms with Crippen molar-refractivity contribution in [1.82, 2.24) is 4.90 Å². The first kappa shape index (κ1) is 18.1. The fraction of sp³-hybridized carbons (Fsp3) is 0.292. The molecule has 1 aliphatic heterocycles. The summed E-state index contributed by atoms with van der Waals surface area (Å²) >= 11 is -0.0578. The number of piperidine rings is 1. The van der Waals surface area contributed by atoms with E-state index in [1.807, 2.05) is 47.4 Å². The van der Waals surface area contributed by atoms with Gasteiger partial charge in [-0.3, -0.25) is 0 Å². The second-order valence-electron chi connectivity index (χ2n) is 8.63. The molecule has 1 aromatic heterocycles. The maximum absolute atomic E-state index is 13.5. The molecule has 5 nitrogen and oxygen atoms in total. The zero-order chi connectivity index (χ0) is 20.6. The van der Waals surface area contributed by atoms with Gasteiger partial charge >= 0.3 is 180 Å². The van der Waals surface area contributed by atoms with Gasteiger partial charge < -0.3 is 0 Å². The van der Waals surface area contributed by atoms with Crippen molar-refractivity contribution in [3.8, 4) is 0 Å². The molecule has 6 rings (SSSR count). The number of hydrogen-bond acceptors (Lipinski definition) is 3. The first-order chi connectivity index (χ1) is 14.5. The van der Waals surface area contributed by atoms with Crippen molar-refractivity contribution >= 4 is 47.4 Å². The molecule has 3 atom stereocenters. The van der Waals surface area contributed by atoms with E-state index in [1.165, 1.54) is 6.92 Å². The molecule has 3 aliphatic rings. The first-order valence-corrected chi connectivity index (χ1v) is 11.9. The fourth-order valence-electron chi connectivity index (χ4n) is 5.64. The van der Waals surface area contributed by atoms with E-state index >= 15 is 0 Å². The number of anilines is 1. The van der Waals surface area contributed by atoms with Gasteiger partial charge in [0.2, 0.25) is 0 Å². The Hall–Kier alpha value is -2.69. The fourth-order valence-corrected chi connectivity index (χ4v) is 7.74. The number of nitrogens with one attached hydrogen (secondary N) is 1. The minimum atomic E-state index is -0.109. The van der Waals surface area contributed by atoms with E-state index in [0.717, 1.165) is 43.9 Å². The quantitative estimate of drug-likeness (QED) is 0.594. The number of ketones is 1. The van der Waals surface area contributed by atoms with Crippen molar-refractivity contribution in [2.75, 3.05) is 11.9 Å². The van der Waals surface area contributed by atoms with E-state index < -0.39 is 0 Å². The van der Waals surface area contributed by atoms with E-state index in [9.17, 15) is 14.4 Å². The molecular formula is C24H20N2O3Se. The zero-order valence-electron chi connectivity index (χ0n) is 16.5. The molecule has 150 valence electrons. The van der Waals surface area contributed by atoms with Gasteiger partial charge in [0.05, 0.1) is 0 Å². The molecule has 1 spiro atoms. The summed E-state index contributed by atoms with van der Waals surface area (Å²) in [6.07, 6.45) is 1.51. The first-order valence-electron chi connectivity index (χ1n) is 10.2. The van der Waals surface area contributed by atoms with Gasteiger partial charge in [-0.15, -0.1) is 0 Å². The zero-order valence-corrected chi connectivity index (χ0v) is 18.2. The SMILES string of the molecule is CC(=O)Nc1ccc2[se]c(C(=O)N3C[C@H]4CC45c4ccccc4C(=O)CC35)cc2c1. The van der Waals surface area contributed by atoms with Gasteiger partial charge in [-0.25, -0.2) is 0 Å². The van der Waals surface area contributed by atoms with Crippen molar-refractivity contribution in [3.05, 3.63) is 64.1 Å². The average molecular weight is 463 g/mol. The Balaban J connectivity index is 1.34. The Kier molecular flexibility index (Phi) is 3.72. The molecule has 2 aliphatic carbocycles. The van der Waals surface area contributed by atoms with Crippen LogP contribution in [0.3, 0.4) is 0 Å². The molecule has 1 N–H and O–H groups in total. The van der Waals surface area contributed by atoms with Crippen LogP contribution in [0.5, 0.6) is 0 Å². The van der Waals surface area contributed by atoms with Crippen molar-refractivity contribution in [1.29, 1.82) is 0 Å². The molecule has 1 saturated carbocycles. The summed E-state index contributed by atoms with van der Waals surface area (Å²) < 4.78 is 1.99. The van der Waals surface area contributed by atoms with Gasteiger partial charge in [-0.05, 0) is 0 Å². The van der Waals surface area contributed by atoms with Gasteiger partial charge in [0.15, 0.2) is 0 Å². The number of benzene rings is 2. The van der Waals surface area contributed by atoms with Gasteiger partial charge in [0, 0.05) is 0 Å². The van der Waals surface area contributed by atoms with Crippen LogP contribution in [-0.4, -0.2) is 49.6 Å². The molecule has 2 aromatic carbocycles. The standard InChI is InChI=1S/C24H20N2O3Se/c1-13(27)25-16-6-7-20-14(8-16)9-21(30-20)23(29)26-12-15-11-24(15)18-5-3-2-4-17(18)19(28)10-22(24)26/h2-9,15,22H,10-12H2,1H3,(H,25,27)/t15-,22?,24?/m1/s1. The molecule has 0 radical (unpaired) electrons. The minimum absolute atomic E-state index is 0.0161. The van der Waals surface area contributed by atoms with E-state index in [4.69, 9.17) is 0 Å². The Bertz CT molecular complexity index is 1260. The molecule has 2 amide bonds. The van der Waals surface area contributed by atoms with Gasteiger partial charge in [-0.1, -0.05) is 0 Å². The Morgan fingerprint density at radius 1 is 1.17 bits per heavy atom. The number of nitrogens with zero attached hydrogens (tertiary/aromatic N) is 1. The normalized spacial score (nSPS) is 26.2. The molecule has 0 bridgehead atoms. The third-order valence-electron chi connectivity index (χ3n) is 6.96. The summed E-state index contributed by atoms with van der Waals surface area (Å²) in [6.45, 7) is 2.23. The van der Waals surface area contributed by atoms with Gasteiger partial charge in [-0.2, -0.15) is 0 Å². The van der Waals surface area contributed by atoms with Crippen LogP contribution in [0.15, 0.2) is 48.5 Å². The van der Waals surface area contributed by atoms with Crippen LogP contribution < -0.4 is 5.32 Å². The van der Waals surface area contributed by atoms with Crippen molar-refractivity contribution in [3.63, 3.8) is 0 Å². The van der Waals surface area contributed by atoms with Crippen molar-refractivity contribution in [2.24, 2.45) is 5.92 Å². The molecule has 2 heterocycles. The van der Waals surface area contributed by atoms with Crippen molar-refractivity contribution in [2.45, 2.75) is 31.2 Å². The molecule has 2 fully saturated rings. The van der Waals surface area contributed by atoms with Crippen LogP contribution in [0.4, 0.5) is 5.69 Å². The summed E-state index contributed by atoms with van der Waals surface area (Å²) in [7, 11) is 0. The summed E-state index contributed by atoms with van der Waals surface area (Å²) in [6, 6.07) is 15.7. The molecular weight excluding hydrogens is 443 g/mol. The summed E-state index contributed by atoms with van der Waals surface area (Å²) in [5.41, 5.74) is 2.74. The summed E-state index contributed by atoms with van der Waals surface area (Å²) in [5.74, 6) is 0.586. The second-order valence-corrected chi connectivity index (χ2v) is 10.9. The molecule has 1 saturated heterocycles. The third-order valence-corrected chi connectivity index (χ3v) is 9.27. The van der Waals surface area contributed by atoms with E-state index in [1.54, 1.807) is 0 Å². The predicted molar refractivity (Wildman–Crippen MR) is 115 cm³/mol. The molecule has 6 heteroatoms. The Labute approximate surface area is 179 Å². The van der Waals surface area contributed by atoms with Crippen LogP contribution in [0.2, 0.25) is 0 Å². The predicted octanol–water partition coefficient (Wildman–Crippen LogP) is 3.22. The number of likely N-dealkylation sites (tertiary alicyclic amines) is 1. The molecule has 30 heavy (non-hydrogen) atoms. The number of hydrogen-bond donors (Lipinski definition) is 1. The van der Waals surface area contributed by atoms with E-state index in [0.29, 0.717) is 12.3 Å². The average Bonchev–Trinajstić information content (AvgIpc) is 3.11. The van der Waals surface area contributed by atoms with Crippen molar-refractivity contribution < 1.29 is 14.4 Å². The van der Waals surface area contributed by atoms with Crippen LogP contribution in [0, 0.1) is 5.92 Å². The third kappa shape index (κ3) is 2.44. The second kappa shape index (κ2) is 6.16. The monoisotopic (exact) mass is 464 g/mol. The van der Waals surface area contributed by atoms with Crippen LogP contribution >= 0.6 is 0 Å². The number of Topliss-reactive ketones (excluding diaryl/α,β-unsaturated/α-hetero) is 1. The Morgan fingerprint density at radius 3 is 2.83 bits per heavy atom. The van der Waals surface area contributed by atoms with E-state index in [-0.39, 0.29) is 43.6 Å². The maximum atomic E-state index is 13.5. The number of rotatable bonds is 2. The van der Waals surface area contributed by atoms with Gasteiger partial charge in [0.25, 0.3) is 0 Å². The summed E-state index contributed by atoms with van der Waals surface area (Å²) in [5, 5.41) is 3.81. The van der Waals surface area contributed by atoms with Gasteiger partial charge in [0.1, 0.15) is 0 Å². The summed E-state index contributed by atoms with van der Waals surface area (Å²) in [4.78, 5) is 39.6. The number of amides is 2. The van der Waals surface area contributed by atoms with E-state index in [2.05, 4.69) is 11.4 Å². The van der Waals surface area contributed by atoms with Crippen LogP contribution in [-0.2, 0) is 10.2 Å². The molecule has 2 unspecified atom stereocenters. The number of carbonyl (C=O) groups is 3. The van der Waals surface area contributed by atoms with Crippen LogP contribution in [0.1, 0.15) is 44.9 Å².